The van der Waals surface area contributed by atoms with E-state index in [1.54, 1.807) is 0 Å². The fraction of sp³-hybridized carbons (Fsp3) is 0.0385. The van der Waals surface area contributed by atoms with Crippen molar-refractivity contribution in [2.75, 3.05) is 0 Å². The first-order valence-electron chi connectivity index (χ1n) is 37.8. The molecule has 6 nitrogen and oxygen atoms in total. The summed E-state index contributed by atoms with van der Waals surface area (Å²) in [5, 5.41) is 18.7. The Morgan fingerprint density at radius 3 is 0.973 bits per heavy atom. The lowest BCUT2D eigenvalue weighted by molar-refractivity contribution is 0.660. The summed E-state index contributed by atoms with van der Waals surface area (Å²) < 4.78 is 13.4. The molecule has 0 spiro atoms. The van der Waals surface area contributed by atoms with E-state index in [0.717, 1.165) is 121 Å². The smallest absolute Gasteiger partial charge is 0.143 e. The van der Waals surface area contributed by atoms with E-state index in [2.05, 4.69) is 347 Å². The number of rotatable bonds is 6. The van der Waals surface area contributed by atoms with Gasteiger partial charge in [0, 0.05) is 70.8 Å². The second-order valence-corrected chi connectivity index (χ2v) is 30.1. The Kier molecular flexibility index (Phi) is 13.3. The van der Waals surface area contributed by atoms with Crippen LogP contribution in [0.1, 0.15) is 47.2 Å². The number of fused-ring (bicyclic) bond motifs is 28. The highest BCUT2D eigenvalue weighted by molar-refractivity contribution is 6.26. The summed E-state index contributed by atoms with van der Waals surface area (Å²) in [5.41, 5.74) is 27.4. The molecule has 18 aromatic carbocycles. The maximum atomic E-state index is 6.78. The fourth-order valence-electron chi connectivity index (χ4n) is 19.0. The molecule has 0 saturated heterocycles. The largest absolute Gasteiger partial charge is 0.455 e. The number of benzene rings is 18. The number of nitrogens with zero attached hydrogens (tertiary/aromatic N) is 4. The van der Waals surface area contributed by atoms with E-state index >= 15 is 0 Å². The first-order valence-corrected chi connectivity index (χ1v) is 37.8. The van der Waals surface area contributed by atoms with Gasteiger partial charge in [0.05, 0.1) is 51.3 Å². The second kappa shape index (κ2) is 23.6. The molecule has 0 bridgehead atoms. The van der Waals surface area contributed by atoms with Gasteiger partial charge in [0.2, 0.25) is 0 Å². The molecule has 0 saturated carbocycles. The van der Waals surface area contributed by atoms with Gasteiger partial charge in [-0.2, -0.15) is 0 Å². The van der Waals surface area contributed by atoms with Crippen LogP contribution in [0.2, 0.25) is 0 Å². The Morgan fingerprint density at radius 1 is 0.245 bits per heavy atom. The van der Waals surface area contributed by atoms with Gasteiger partial charge in [-0.05, 0) is 158 Å². The molecule has 2 aliphatic carbocycles. The average Bonchev–Trinajstić information content (AvgIpc) is 1.52. The molecule has 0 amide bonds. The van der Waals surface area contributed by atoms with Gasteiger partial charge >= 0.3 is 0 Å². The van der Waals surface area contributed by atoms with E-state index in [1.807, 2.05) is 18.5 Å². The van der Waals surface area contributed by atoms with E-state index in [0.29, 0.717) is 0 Å². The molecule has 0 aliphatic heterocycles. The molecule has 6 heteroatoms. The predicted octanol–water partition coefficient (Wildman–Crippen LogP) is 27.3. The van der Waals surface area contributed by atoms with E-state index in [9.17, 15) is 0 Å². The van der Waals surface area contributed by atoms with E-state index in [-0.39, 0.29) is 5.41 Å². The van der Waals surface area contributed by atoms with Gasteiger partial charge in [-0.15, -0.1) is 0 Å². The quantitative estimate of drug-likeness (QED) is 0.154. The van der Waals surface area contributed by atoms with Crippen molar-refractivity contribution in [2.45, 2.75) is 24.7 Å². The van der Waals surface area contributed by atoms with Crippen molar-refractivity contribution < 1.29 is 8.83 Å². The number of hydrogen-bond acceptors (Lipinski definition) is 6. The van der Waals surface area contributed by atoms with Crippen molar-refractivity contribution >= 4 is 131 Å². The minimum Gasteiger partial charge on any atom is -0.455 e. The number of aromatic nitrogens is 4. The topological polar surface area (TPSA) is 77.8 Å². The number of furan rings is 2. The normalized spacial score (nSPS) is 13.3. The molecule has 512 valence electrons. The zero-order chi connectivity index (χ0) is 72.5. The molecular formula is C104H64N4O2. The zero-order valence-corrected chi connectivity index (χ0v) is 60.1. The van der Waals surface area contributed by atoms with Crippen molar-refractivity contribution in [3.8, 4) is 67.0 Å². The van der Waals surface area contributed by atoms with Gasteiger partial charge in [-0.1, -0.05) is 305 Å². The van der Waals surface area contributed by atoms with Crippen LogP contribution in [0.15, 0.2) is 361 Å². The van der Waals surface area contributed by atoms with Crippen molar-refractivity contribution in [1.82, 2.24) is 19.9 Å². The molecular weight excluding hydrogens is 1340 g/mol. The third kappa shape index (κ3) is 8.99. The summed E-state index contributed by atoms with van der Waals surface area (Å²) in [5.74, 6) is 0. The summed E-state index contributed by atoms with van der Waals surface area (Å²) in [7, 11) is 0. The molecule has 0 N–H and O–H groups in total. The van der Waals surface area contributed by atoms with Crippen LogP contribution < -0.4 is 0 Å². The summed E-state index contributed by atoms with van der Waals surface area (Å²) in [6.45, 7) is 4.68. The Hall–Kier alpha value is -14.2. The molecule has 22 aromatic rings. The van der Waals surface area contributed by atoms with Crippen molar-refractivity contribution in [2.24, 2.45) is 0 Å². The van der Waals surface area contributed by atoms with Crippen LogP contribution in [-0.4, -0.2) is 19.9 Å². The Morgan fingerprint density at radius 2 is 0.555 bits per heavy atom. The van der Waals surface area contributed by atoms with E-state index in [4.69, 9.17) is 28.8 Å². The van der Waals surface area contributed by atoms with Crippen molar-refractivity contribution in [3.63, 3.8) is 0 Å². The van der Waals surface area contributed by atoms with Crippen LogP contribution in [-0.2, 0) is 10.8 Å². The molecule has 4 heterocycles. The van der Waals surface area contributed by atoms with Crippen LogP contribution in [0.3, 0.4) is 0 Å². The molecule has 110 heavy (non-hydrogen) atoms. The standard InChI is InChI=1S/C57H34N2O.C47H30N2O/c1-3-16-38(17-4-1)57(39-18-5-2-6-19-39)49-32-36(48-31-35-15-7-8-20-40(35)53-47-25-13-14-26-52(47)60-56(48)53)27-29-43(49)44-30-28-37(33-50(44)57)51-34-58-54-45-23-11-9-21-41(45)42-22-10-12-24-46(42)55(54)59-51;1-47(2)39-24-28(38-23-27-11-3-4-12-30(27)43-37-17-9-10-18-42(37)50-46(38)43)19-21-33(39)34-22-20-29(25-40(34)47)41-26-48-44-35-15-7-5-13-31(35)32-14-6-8-16-36(32)45(44)49-41/h1-34H;3-26H,1-2H3. The first kappa shape index (κ1) is 62.0. The van der Waals surface area contributed by atoms with Crippen LogP contribution in [0.5, 0.6) is 0 Å². The minimum atomic E-state index is -0.629. The van der Waals surface area contributed by atoms with Gasteiger partial charge in [0.25, 0.3) is 0 Å². The van der Waals surface area contributed by atoms with E-state index in [1.165, 1.54) is 110 Å². The van der Waals surface area contributed by atoms with Crippen LogP contribution in [0, 0.1) is 0 Å². The summed E-state index contributed by atoms with van der Waals surface area (Å²) in [4.78, 5) is 20.9. The third-order valence-electron chi connectivity index (χ3n) is 24.0. The van der Waals surface area contributed by atoms with Gasteiger partial charge < -0.3 is 8.83 Å². The van der Waals surface area contributed by atoms with E-state index < -0.39 is 5.41 Å². The molecule has 24 rings (SSSR count). The third-order valence-corrected chi connectivity index (χ3v) is 24.0. The van der Waals surface area contributed by atoms with Gasteiger partial charge in [-0.3, -0.25) is 9.97 Å². The number of para-hydroxylation sites is 2. The summed E-state index contributed by atoms with van der Waals surface area (Å²) in [6.07, 6.45) is 3.90. The lowest BCUT2D eigenvalue weighted by Gasteiger charge is -2.34. The van der Waals surface area contributed by atoms with Crippen LogP contribution in [0.25, 0.3) is 198 Å². The maximum absolute atomic E-state index is 6.78. The Bertz CT molecular complexity index is 7590. The molecule has 0 radical (unpaired) electrons. The predicted molar refractivity (Wildman–Crippen MR) is 455 cm³/mol. The molecule has 0 fully saturated rings. The fourth-order valence-corrected chi connectivity index (χ4v) is 19.0. The maximum Gasteiger partial charge on any atom is 0.143 e. The Balaban J connectivity index is 0.000000134. The molecule has 0 unspecified atom stereocenters. The van der Waals surface area contributed by atoms with Crippen molar-refractivity contribution in [1.29, 1.82) is 0 Å². The average molecular weight is 1400 g/mol. The van der Waals surface area contributed by atoms with Crippen LogP contribution in [0.4, 0.5) is 0 Å². The highest BCUT2D eigenvalue weighted by atomic mass is 16.3. The summed E-state index contributed by atoms with van der Waals surface area (Å²) >= 11 is 0. The molecule has 2 aliphatic rings. The Labute approximate surface area is 632 Å². The summed E-state index contributed by atoms with van der Waals surface area (Å²) in [6, 6.07) is 123. The van der Waals surface area contributed by atoms with Gasteiger partial charge in [0.1, 0.15) is 22.3 Å². The second-order valence-electron chi connectivity index (χ2n) is 30.1. The van der Waals surface area contributed by atoms with Gasteiger partial charge in [-0.25, -0.2) is 9.97 Å². The zero-order valence-electron chi connectivity index (χ0n) is 60.1. The van der Waals surface area contributed by atoms with Crippen LogP contribution >= 0.6 is 0 Å². The highest BCUT2D eigenvalue weighted by Crippen LogP contribution is 2.59. The lowest BCUT2D eigenvalue weighted by atomic mass is 9.67. The van der Waals surface area contributed by atoms with Gasteiger partial charge in [0.15, 0.2) is 0 Å². The monoisotopic (exact) mass is 1400 g/mol. The van der Waals surface area contributed by atoms with Crippen molar-refractivity contribution in [3.05, 3.63) is 385 Å². The highest BCUT2D eigenvalue weighted by Gasteiger charge is 2.47. The first-order chi connectivity index (χ1) is 54.3. The molecule has 4 aromatic heterocycles. The minimum absolute atomic E-state index is 0.215. The number of hydrogen-bond donors (Lipinski definition) is 0. The lowest BCUT2D eigenvalue weighted by Crippen LogP contribution is -2.28. The molecule has 0 atom stereocenters. The SMILES string of the molecule is CC1(C)c2cc(-c3cnc4c5ccccc5c5ccccc5c4n3)ccc2-c2ccc(-c3cc4ccccc4c4c3oc3ccccc34)cc21.c1ccc(C2(c3ccccc3)c3cc(-c4cnc5c6ccccc6c6ccccc6c5n4)ccc3-c3ccc(-c4cc5ccccc5c5c4oc4ccccc45)cc32)cc1.